The van der Waals surface area contributed by atoms with Crippen molar-refractivity contribution in [2.45, 2.75) is 51.4 Å². The van der Waals surface area contributed by atoms with E-state index in [1.807, 2.05) is 35.0 Å². The summed E-state index contributed by atoms with van der Waals surface area (Å²) in [5.74, 6) is -0.480. The fourth-order valence-corrected chi connectivity index (χ4v) is 6.20. The summed E-state index contributed by atoms with van der Waals surface area (Å²) in [6.45, 7) is 11.1. The third kappa shape index (κ3) is 8.92. The number of nitrogens with zero attached hydrogens (tertiary/aromatic N) is 4. The molecule has 1 saturated heterocycles. The van der Waals surface area contributed by atoms with Crippen molar-refractivity contribution in [3.05, 3.63) is 90.0 Å². The first-order valence-corrected chi connectivity index (χ1v) is 19.3. The highest BCUT2D eigenvalue weighted by atomic mass is 28.3. The van der Waals surface area contributed by atoms with E-state index in [0.717, 1.165) is 18.0 Å². The summed E-state index contributed by atoms with van der Waals surface area (Å²) < 4.78 is 29.1. The summed E-state index contributed by atoms with van der Waals surface area (Å²) in [5, 5.41) is 12.5. The number of carbonyl (C=O) groups excluding carboxylic acids is 1. The Kier molecular flexibility index (Phi) is 10.7. The van der Waals surface area contributed by atoms with Gasteiger partial charge in [-0.15, -0.1) is 0 Å². The average Bonchev–Trinajstić information content (AvgIpc) is 3.44. The smallest absolute Gasteiger partial charge is 0.405 e. The zero-order valence-corrected chi connectivity index (χ0v) is 27.6. The Morgan fingerprint density at radius 2 is 1.76 bits per heavy atom. The average molecular weight is 648 g/mol. The maximum Gasteiger partial charge on any atom is 0.405 e. The normalized spacial score (nSPS) is 14.7. The van der Waals surface area contributed by atoms with Gasteiger partial charge in [0.2, 0.25) is 5.91 Å². The van der Waals surface area contributed by atoms with Crippen molar-refractivity contribution in [3.63, 3.8) is 0 Å². The molecule has 3 heterocycles. The molecule has 0 spiro atoms. The Hall–Kier alpha value is -4.26. The number of halogens is 1. The Bertz CT molecular complexity index is 1640. The van der Waals surface area contributed by atoms with Gasteiger partial charge in [-0.3, -0.25) is 9.69 Å². The Labute approximate surface area is 269 Å². The van der Waals surface area contributed by atoms with Gasteiger partial charge in [-0.2, -0.15) is 0 Å². The van der Waals surface area contributed by atoms with Crippen LogP contribution < -0.4 is 10.1 Å². The molecule has 1 aliphatic heterocycles. The molecule has 5 rings (SSSR count). The van der Waals surface area contributed by atoms with Crippen molar-refractivity contribution >= 4 is 31.1 Å². The molecule has 1 fully saturated rings. The lowest BCUT2D eigenvalue weighted by Gasteiger charge is -2.36. The summed E-state index contributed by atoms with van der Waals surface area (Å²) in [6.07, 6.45) is 2.18. The molecule has 0 bridgehead atoms. The van der Waals surface area contributed by atoms with E-state index in [-0.39, 0.29) is 18.1 Å². The standard InChI is InChI=1S/C34H42FN5O5Si/c1-46(2,3)20-19-44-24-40-14-12-27-30(11-13-36-32(27)40)45-31-10-9-26(21-28(31)35)22-29(37-34(42)43)33(41)39-17-15-38(16-18-39)23-25-7-5-4-6-8-25/h4-14,21,29,37H,15-20,22-24H2,1-3H3,(H,42,43)/t29-/m0/s1. The van der Waals surface area contributed by atoms with Crippen molar-refractivity contribution in [3.8, 4) is 11.5 Å². The number of fused-ring (bicyclic) bond motifs is 1. The Morgan fingerprint density at radius 3 is 2.46 bits per heavy atom. The third-order valence-electron chi connectivity index (χ3n) is 8.03. The maximum atomic E-state index is 15.3. The monoisotopic (exact) mass is 647 g/mol. The van der Waals surface area contributed by atoms with Crippen LogP contribution in [0.3, 0.4) is 0 Å². The first-order chi connectivity index (χ1) is 22.1. The highest BCUT2D eigenvalue weighted by Crippen LogP contribution is 2.31. The fraction of sp³-hybridized carbons (Fsp3) is 0.382. The van der Waals surface area contributed by atoms with Crippen molar-refractivity contribution in [1.29, 1.82) is 0 Å². The highest BCUT2D eigenvalue weighted by molar-refractivity contribution is 6.76. The van der Waals surface area contributed by atoms with Gasteiger partial charge in [-0.25, -0.2) is 14.2 Å². The van der Waals surface area contributed by atoms with Gasteiger partial charge in [0.05, 0.1) is 5.39 Å². The fourth-order valence-electron chi connectivity index (χ4n) is 5.45. The number of hydrogen-bond acceptors (Lipinski definition) is 6. The number of aromatic nitrogens is 2. The lowest BCUT2D eigenvalue weighted by molar-refractivity contribution is -0.135. The van der Waals surface area contributed by atoms with Crippen LogP contribution >= 0.6 is 0 Å². The molecule has 1 aliphatic rings. The molecule has 4 aromatic rings. The number of nitrogens with one attached hydrogen (secondary N) is 1. The molecule has 0 aliphatic carbocycles. The van der Waals surface area contributed by atoms with Gasteiger partial charge in [-0.05, 0) is 41.4 Å². The number of carbonyl (C=O) groups is 2. The minimum absolute atomic E-state index is 0.00657. The number of carboxylic acid groups (broad SMARTS) is 1. The van der Waals surface area contributed by atoms with Gasteiger partial charge in [0.25, 0.3) is 0 Å². The van der Waals surface area contributed by atoms with Gasteiger partial charge in [0.15, 0.2) is 11.6 Å². The van der Waals surface area contributed by atoms with Gasteiger partial charge in [0.1, 0.15) is 24.2 Å². The molecule has 10 nitrogen and oxygen atoms in total. The van der Waals surface area contributed by atoms with Crippen LogP contribution in [-0.4, -0.2) is 83.4 Å². The van der Waals surface area contributed by atoms with E-state index in [1.54, 1.807) is 23.2 Å². The minimum Gasteiger partial charge on any atom is -0.465 e. The van der Waals surface area contributed by atoms with E-state index >= 15 is 4.39 Å². The molecule has 0 radical (unpaired) electrons. The zero-order chi connectivity index (χ0) is 32.7. The van der Waals surface area contributed by atoms with E-state index in [2.05, 4.69) is 47.0 Å². The molecule has 2 amide bonds. The van der Waals surface area contributed by atoms with E-state index in [4.69, 9.17) is 9.47 Å². The number of benzene rings is 2. The maximum absolute atomic E-state index is 15.3. The highest BCUT2D eigenvalue weighted by Gasteiger charge is 2.29. The molecule has 0 saturated carbocycles. The molecular formula is C34H42FN5O5Si. The number of pyridine rings is 1. The van der Waals surface area contributed by atoms with E-state index in [1.165, 1.54) is 17.7 Å². The van der Waals surface area contributed by atoms with E-state index < -0.39 is 26.0 Å². The Balaban J connectivity index is 1.21. The van der Waals surface area contributed by atoms with Gasteiger partial charge in [-0.1, -0.05) is 56.0 Å². The van der Waals surface area contributed by atoms with Crippen LogP contribution in [0.15, 0.2) is 73.1 Å². The summed E-state index contributed by atoms with van der Waals surface area (Å²) >= 11 is 0. The number of amides is 2. The van der Waals surface area contributed by atoms with Crippen molar-refractivity contribution in [2.75, 3.05) is 32.8 Å². The third-order valence-corrected chi connectivity index (χ3v) is 9.74. The molecule has 2 N–H and O–H groups in total. The van der Waals surface area contributed by atoms with Crippen LogP contribution in [-0.2, 0) is 29.2 Å². The predicted octanol–water partition coefficient (Wildman–Crippen LogP) is 5.80. The number of rotatable bonds is 13. The van der Waals surface area contributed by atoms with Gasteiger partial charge >= 0.3 is 6.09 Å². The second-order valence-corrected chi connectivity index (χ2v) is 18.5. The Morgan fingerprint density at radius 1 is 1.00 bits per heavy atom. The predicted molar refractivity (Wildman–Crippen MR) is 177 cm³/mol. The van der Waals surface area contributed by atoms with E-state index in [0.29, 0.717) is 56.5 Å². The molecule has 12 heteroatoms. The zero-order valence-electron chi connectivity index (χ0n) is 26.6. The summed E-state index contributed by atoms with van der Waals surface area (Å²) in [5.41, 5.74) is 2.34. The van der Waals surface area contributed by atoms with Gasteiger partial charge in [0, 0.05) is 66.2 Å². The van der Waals surface area contributed by atoms with Gasteiger partial charge < -0.3 is 29.4 Å². The molecule has 46 heavy (non-hydrogen) atoms. The second-order valence-electron chi connectivity index (χ2n) is 12.8. The molecule has 244 valence electrons. The quantitative estimate of drug-likeness (QED) is 0.139. The van der Waals surface area contributed by atoms with Crippen LogP contribution in [0, 0.1) is 5.82 Å². The summed E-state index contributed by atoms with van der Waals surface area (Å²) in [7, 11) is -1.19. The lowest BCUT2D eigenvalue weighted by Crippen LogP contribution is -2.55. The second kappa shape index (κ2) is 14.9. The minimum atomic E-state index is -1.31. The van der Waals surface area contributed by atoms with Crippen molar-refractivity contribution < 1.29 is 28.6 Å². The van der Waals surface area contributed by atoms with Crippen molar-refractivity contribution in [2.24, 2.45) is 0 Å². The first-order valence-electron chi connectivity index (χ1n) is 15.6. The molecule has 2 aromatic heterocycles. The van der Waals surface area contributed by atoms with Crippen LogP contribution in [0.1, 0.15) is 11.1 Å². The molecule has 2 aromatic carbocycles. The molecule has 0 unspecified atom stereocenters. The molecular weight excluding hydrogens is 605 g/mol. The number of hydrogen-bond donors (Lipinski definition) is 2. The largest absolute Gasteiger partial charge is 0.465 e. The number of piperazine rings is 1. The SMILES string of the molecule is C[Si](C)(C)CCOCn1ccc2c(Oc3ccc(C[C@H](NC(=O)O)C(=O)N4CCN(Cc5ccccc5)CC4)cc3F)ccnc21. The van der Waals surface area contributed by atoms with Crippen LogP contribution in [0.25, 0.3) is 11.0 Å². The first kappa shape index (κ1) is 33.1. The lowest BCUT2D eigenvalue weighted by atomic mass is 10.0. The van der Waals surface area contributed by atoms with E-state index in [9.17, 15) is 14.7 Å². The van der Waals surface area contributed by atoms with Crippen LogP contribution in [0.4, 0.5) is 9.18 Å². The summed E-state index contributed by atoms with van der Waals surface area (Å²) in [4.78, 5) is 33.4. The van der Waals surface area contributed by atoms with Crippen LogP contribution in [0.2, 0.25) is 25.7 Å². The van der Waals surface area contributed by atoms with Crippen molar-refractivity contribution in [1.82, 2.24) is 24.7 Å². The molecule has 1 atom stereocenters. The summed E-state index contributed by atoms with van der Waals surface area (Å²) in [6, 6.07) is 18.1. The van der Waals surface area contributed by atoms with Crippen LogP contribution in [0.5, 0.6) is 11.5 Å². The number of ether oxygens (including phenoxy) is 2. The topological polar surface area (TPSA) is 109 Å².